The third kappa shape index (κ3) is 2.39. The molecule has 0 fully saturated rings. The molecule has 2 atom stereocenters. The third-order valence-corrected chi connectivity index (χ3v) is 6.50. The number of esters is 1. The van der Waals surface area contributed by atoms with Gasteiger partial charge in [-0.2, -0.15) is 0 Å². The van der Waals surface area contributed by atoms with Gasteiger partial charge in [-0.1, -0.05) is 42.5 Å². The Morgan fingerprint density at radius 2 is 1.84 bits per heavy atom. The molecule has 158 valence electrons. The predicted molar refractivity (Wildman–Crippen MR) is 121 cm³/mol. The number of anilines is 1. The number of aliphatic imine (C=N–C) groups is 1. The summed E-state index contributed by atoms with van der Waals surface area (Å²) in [5, 5.41) is 1.88. The van der Waals surface area contributed by atoms with Crippen molar-refractivity contribution in [1.29, 1.82) is 0 Å². The van der Waals surface area contributed by atoms with Crippen molar-refractivity contribution >= 4 is 34.3 Å². The van der Waals surface area contributed by atoms with Gasteiger partial charge >= 0.3 is 5.97 Å². The van der Waals surface area contributed by atoms with Crippen molar-refractivity contribution in [1.82, 2.24) is 0 Å². The van der Waals surface area contributed by atoms with E-state index in [4.69, 9.17) is 19.2 Å². The molecule has 2 unspecified atom stereocenters. The number of benzene rings is 3. The lowest BCUT2D eigenvalue weighted by atomic mass is 9.75. The fourth-order valence-corrected chi connectivity index (χ4v) is 4.84. The highest BCUT2D eigenvalue weighted by molar-refractivity contribution is 6.05. The van der Waals surface area contributed by atoms with Crippen molar-refractivity contribution in [2.45, 2.75) is 25.0 Å². The largest absolute Gasteiger partial charge is 0.496 e. The second kappa shape index (κ2) is 6.74. The van der Waals surface area contributed by atoms with Crippen LogP contribution in [0.15, 0.2) is 59.6 Å². The number of carbonyl (C=O) groups is 1. The molecule has 1 spiro atoms. The zero-order chi connectivity index (χ0) is 21.8. The first-order valence-electron chi connectivity index (χ1n) is 10.3. The molecule has 31 heavy (non-hydrogen) atoms. The molecule has 2 aliphatic heterocycles. The highest BCUT2D eigenvalue weighted by Gasteiger charge is 2.66. The van der Waals surface area contributed by atoms with E-state index in [9.17, 15) is 4.79 Å². The molecule has 6 nitrogen and oxygen atoms in total. The number of carbonyl (C=O) groups excluding carboxylic acids is 1. The summed E-state index contributed by atoms with van der Waals surface area (Å²) in [6.45, 7) is 3.95. The molecule has 0 aromatic heterocycles. The molecule has 0 saturated carbocycles. The van der Waals surface area contributed by atoms with Crippen LogP contribution in [0.4, 0.5) is 11.4 Å². The molecule has 0 saturated heterocycles. The van der Waals surface area contributed by atoms with Crippen LogP contribution >= 0.6 is 0 Å². The van der Waals surface area contributed by atoms with E-state index in [2.05, 4.69) is 0 Å². The maximum absolute atomic E-state index is 13.4. The summed E-state index contributed by atoms with van der Waals surface area (Å²) in [6, 6.07) is 17.6. The fraction of sp³-hybridized carbons (Fsp3) is 0.280. The summed E-state index contributed by atoms with van der Waals surface area (Å²) < 4.78 is 17.9. The van der Waals surface area contributed by atoms with Gasteiger partial charge in [0.05, 0.1) is 19.9 Å². The van der Waals surface area contributed by atoms with E-state index in [1.165, 1.54) is 0 Å². The Labute approximate surface area is 181 Å². The molecule has 0 aliphatic carbocycles. The highest BCUT2D eigenvalue weighted by Crippen LogP contribution is 2.55. The number of ether oxygens (including phenoxy) is 3. The minimum Gasteiger partial charge on any atom is -0.496 e. The average molecular weight is 416 g/mol. The average Bonchev–Trinajstić information content (AvgIpc) is 2.98. The normalized spacial score (nSPS) is 23.4. The highest BCUT2D eigenvalue weighted by atomic mass is 16.6. The van der Waals surface area contributed by atoms with Crippen LogP contribution in [0.1, 0.15) is 19.4 Å². The minimum absolute atomic E-state index is 0.280. The molecule has 0 bridgehead atoms. The van der Waals surface area contributed by atoms with Gasteiger partial charge in [0.1, 0.15) is 11.4 Å². The zero-order valence-corrected chi connectivity index (χ0v) is 18.0. The zero-order valence-electron chi connectivity index (χ0n) is 18.0. The van der Waals surface area contributed by atoms with Gasteiger partial charge in [0, 0.05) is 29.6 Å². The number of hydrogen-bond donors (Lipinski definition) is 0. The molecule has 6 heteroatoms. The lowest BCUT2D eigenvalue weighted by molar-refractivity contribution is -0.154. The van der Waals surface area contributed by atoms with Gasteiger partial charge in [-0.25, -0.2) is 0 Å². The van der Waals surface area contributed by atoms with E-state index in [1.54, 1.807) is 20.2 Å². The molecule has 0 amide bonds. The quantitative estimate of drug-likeness (QED) is 0.584. The number of hydrogen-bond acceptors (Lipinski definition) is 6. The monoisotopic (exact) mass is 416 g/mol. The van der Waals surface area contributed by atoms with E-state index in [0.29, 0.717) is 11.5 Å². The first kappa shape index (κ1) is 19.4. The first-order chi connectivity index (χ1) is 15.0. The molecule has 3 aromatic carbocycles. The Morgan fingerprint density at radius 3 is 2.58 bits per heavy atom. The van der Waals surface area contributed by atoms with E-state index in [1.807, 2.05) is 73.5 Å². The number of methoxy groups -OCH3 is 1. The first-order valence-corrected chi connectivity index (χ1v) is 10.3. The molecule has 2 aliphatic rings. The number of nitrogens with zero attached hydrogens (tertiary/aromatic N) is 2. The Bertz CT molecular complexity index is 1240. The van der Waals surface area contributed by atoms with Gasteiger partial charge < -0.3 is 19.1 Å². The Kier molecular flexibility index (Phi) is 4.22. The summed E-state index contributed by atoms with van der Waals surface area (Å²) in [6.07, 6.45) is 1.74. The summed E-state index contributed by atoms with van der Waals surface area (Å²) in [5.74, 6) is 0.903. The summed E-state index contributed by atoms with van der Waals surface area (Å²) in [7, 11) is 3.55. The number of fused-ring (bicyclic) bond motifs is 4. The summed E-state index contributed by atoms with van der Waals surface area (Å²) in [4.78, 5) is 20.2. The number of para-hydroxylation sites is 1. The van der Waals surface area contributed by atoms with Crippen LogP contribution in [0.5, 0.6) is 11.5 Å². The van der Waals surface area contributed by atoms with E-state index >= 15 is 0 Å². The molecule has 0 N–H and O–H groups in total. The van der Waals surface area contributed by atoms with Crippen LogP contribution in [0.3, 0.4) is 0 Å². The Balaban J connectivity index is 1.75. The fourth-order valence-electron chi connectivity index (χ4n) is 4.84. The molecular weight excluding hydrogens is 392 g/mol. The Morgan fingerprint density at radius 1 is 1.13 bits per heavy atom. The van der Waals surface area contributed by atoms with Crippen molar-refractivity contribution in [3.05, 3.63) is 60.2 Å². The molecule has 3 aromatic rings. The number of likely N-dealkylation sites (N-methyl/N-ethyl adjacent to an activating group) is 1. The van der Waals surface area contributed by atoms with Gasteiger partial charge in [0.25, 0.3) is 0 Å². The van der Waals surface area contributed by atoms with E-state index < -0.39 is 11.1 Å². The Hall–Kier alpha value is -3.54. The summed E-state index contributed by atoms with van der Waals surface area (Å²) in [5.41, 5.74) is 0.176. The van der Waals surface area contributed by atoms with Gasteiger partial charge in [-0.15, -0.1) is 0 Å². The molecule has 2 heterocycles. The van der Waals surface area contributed by atoms with Gasteiger partial charge in [0.2, 0.25) is 5.72 Å². The van der Waals surface area contributed by atoms with Gasteiger partial charge in [-0.05, 0) is 25.5 Å². The van der Waals surface area contributed by atoms with Crippen molar-refractivity contribution in [3.8, 4) is 11.5 Å². The van der Waals surface area contributed by atoms with Crippen LogP contribution in [0.2, 0.25) is 0 Å². The molecule has 0 radical (unpaired) electrons. The maximum atomic E-state index is 13.4. The second-order valence-electron chi connectivity index (χ2n) is 7.95. The standard InChI is InChI=1S/C25H24N2O4/c1-5-30-23(28)24(2)18-12-8-9-13-19(18)27(3)25(24)15-26-22-17-11-7-6-10-16(17)20(29-4)14-21(22)31-25/h6-15H,5H2,1-4H3. The van der Waals surface area contributed by atoms with Crippen LogP contribution < -0.4 is 14.4 Å². The SMILES string of the molecule is CCOC(=O)C1(C)c2ccccc2N(C)C12C=Nc1c(cc(OC)c3ccccc13)O2. The van der Waals surface area contributed by atoms with E-state index in [-0.39, 0.29) is 12.6 Å². The van der Waals surface area contributed by atoms with Crippen LogP contribution in [0.25, 0.3) is 10.8 Å². The van der Waals surface area contributed by atoms with Gasteiger partial charge in [0.15, 0.2) is 11.2 Å². The van der Waals surface area contributed by atoms with Crippen LogP contribution in [0, 0.1) is 0 Å². The van der Waals surface area contributed by atoms with Crippen molar-refractivity contribution in [2.24, 2.45) is 4.99 Å². The van der Waals surface area contributed by atoms with Crippen molar-refractivity contribution in [3.63, 3.8) is 0 Å². The third-order valence-electron chi connectivity index (χ3n) is 6.50. The topological polar surface area (TPSA) is 60.4 Å². The van der Waals surface area contributed by atoms with Gasteiger partial charge in [-0.3, -0.25) is 9.79 Å². The predicted octanol–water partition coefficient (Wildman–Crippen LogP) is 4.61. The van der Waals surface area contributed by atoms with Crippen LogP contribution in [-0.4, -0.2) is 38.7 Å². The lowest BCUT2D eigenvalue weighted by Crippen LogP contribution is -2.65. The second-order valence-corrected chi connectivity index (χ2v) is 7.95. The van der Waals surface area contributed by atoms with E-state index in [0.717, 1.165) is 27.7 Å². The number of rotatable bonds is 3. The maximum Gasteiger partial charge on any atom is 0.322 e. The van der Waals surface area contributed by atoms with Crippen LogP contribution in [-0.2, 0) is 14.9 Å². The molecular formula is C25H24N2O4. The smallest absolute Gasteiger partial charge is 0.322 e. The summed E-state index contributed by atoms with van der Waals surface area (Å²) >= 11 is 0. The van der Waals surface area contributed by atoms with Crippen molar-refractivity contribution < 1.29 is 19.0 Å². The minimum atomic E-state index is -1.18. The van der Waals surface area contributed by atoms with Crippen molar-refractivity contribution in [2.75, 3.05) is 25.7 Å². The molecule has 5 rings (SSSR count). The lowest BCUT2D eigenvalue weighted by Gasteiger charge is -2.44.